The van der Waals surface area contributed by atoms with E-state index >= 15 is 0 Å². The molecule has 0 aromatic carbocycles. The van der Waals surface area contributed by atoms with Crippen molar-refractivity contribution in [3.8, 4) is 0 Å². The number of carboxylic acid groups (broad SMARTS) is 1. The number of carboxylic acids is 1. The molecule has 0 saturated heterocycles. The van der Waals surface area contributed by atoms with Gasteiger partial charge in [0.1, 0.15) is 6.61 Å². The van der Waals surface area contributed by atoms with E-state index in [1.165, 1.54) is 0 Å². The van der Waals surface area contributed by atoms with Crippen molar-refractivity contribution in [1.29, 1.82) is 0 Å². The summed E-state index contributed by atoms with van der Waals surface area (Å²) >= 11 is 0. The zero-order valence-corrected chi connectivity index (χ0v) is 6.15. The van der Waals surface area contributed by atoms with Crippen LogP contribution in [0.2, 0.25) is 0 Å². The zero-order chi connectivity index (χ0) is 8.43. The molecule has 0 saturated carbocycles. The first-order chi connectivity index (χ1) is 5.11. The number of rotatable bonds is 2. The number of nitrogens with zero attached hydrogens (tertiary/aromatic N) is 1. The molecule has 2 atom stereocenters. The lowest BCUT2D eigenvalue weighted by atomic mass is 10.3. The Morgan fingerprint density at radius 3 is 2.91 bits per heavy atom. The van der Waals surface area contributed by atoms with E-state index in [2.05, 4.69) is 4.99 Å². The van der Waals surface area contributed by atoms with Crippen LogP contribution in [-0.2, 0) is 9.53 Å². The lowest BCUT2D eigenvalue weighted by Gasteiger charge is -2.02. The minimum Gasteiger partial charge on any atom is -0.480 e. The summed E-state index contributed by atoms with van der Waals surface area (Å²) in [5.74, 6) is -0.641. The third-order valence-corrected chi connectivity index (χ3v) is 1.35. The third-order valence-electron chi connectivity index (χ3n) is 1.35. The van der Waals surface area contributed by atoms with Gasteiger partial charge in [-0.05, 0) is 6.92 Å². The van der Waals surface area contributed by atoms with Crippen molar-refractivity contribution >= 4 is 11.9 Å². The molecule has 0 spiro atoms. The summed E-state index contributed by atoms with van der Waals surface area (Å²) in [6.45, 7) is 1.80. The summed E-state index contributed by atoms with van der Waals surface area (Å²) in [5.41, 5.74) is 5.41. The van der Waals surface area contributed by atoms with Gasteiger partial charge in [-0.2, -0.15) is 0 Å². The predicted octanol–water partition coefficient (Wildman–Crippen LogP) is -0.784. The van der Waals surface area contributed by atoms with Gasteiger partial charge in [0.15, 0.2) is 6.04 Å². The molecular formula is C6H10N2O3. The molecule has 5 nitrogen and oxygen atoms in total. The Labute approximate surface area is 63.9 Å². The molecular weight excluding hydrogens is 148 g/mol. The number of aliphatic imine (C=N–C) groups is 1. The van der Waals surface area contributed by atoms with E-state index in [1.54, 1.807) is 6.92 Å². The lowest BCUT2D eigenvalue weighted by Crippen LogP contribution is -2.26. The van der Waals surface area contributed by atoms with Crippen LogP contribution < -0.4 is 5.73 Å². The van der Waals surface area contributed by atoms with Crippen LogP contribution in [-0.4, -0.2) is 35.7 Å². The number of hydrogen-bond donors (Lipinski definition) is 2. The maximum Gasteiger partial charge on any atom is 0.332 e. The van der Waals surface area contributed by atoms with Crippen molar-refractivity contribution in [2.75, 3.05) is 6.61 Å². The maximum absolute atomic E-state index is 10.3. The molecule has 1 aliphatic heterocycles. The van der Waals surface area contributed by atoms with Crippen LogP contribution in [0.15, 0.2) is 4.99 Å². The van der Waals surface area contributed by atoms with Crippen LogP contribution in [0.5, 0.6) is 0 Å². The molecule has 5 heteroatoms. The summed E-state index contributed by atoms with van der Waals surface area (Å²) in [6.07, 6.45) is 0. The smallest absolute Gasteiger partial charge is 0.332 e. The van der Waals surface area contributed by atoms with Crippen LogP contribution in [0, 0.1) is 0 Å². The van der Waals surface area contributed by atoms with Gasteiger partial charge in [-0.25, -0.2) is 9.79 Å². The minimum absolute atomic E-state index is 0.103. The second kappa shape index (κ2) is 2.87. The van der Waals surface area contributed by atoms with Crippen molar-refractivity contribution in [1.82, 2.24) is 0 Å². The average Bonchev–Trinajstić information content (AvgIpc) is 2.33. The predicted molar refractivity (Wildman–Crippen MR) is 38.5 cm³/mol. The fourth-order valence-electron chi connectivity index (χ4n) is 0.768. The molecule has 0 amide bonds. The molecule has 1 rings (SSSR count). The third kappa shape index (κ3) is 1.68. The summed E-state index contributed by atoms with van der Waals surface area (Å²) in [6, 6.07) is -1.09. The normalized spacial score (nSPS) is 25.6. The standard InChI is InChI=1S/C6H10N2O3/c1-3(7)5-8-4(2-11-5)6(9)10/h3-4H,2,7H2,1H3,(H,9,10). The Bertz CT molecular complexity index is 200. The van der Waals surface area contributed by atoms with Gasteiger partial charge in [0.2, 0.25) is 5.90 Å². The fraction of sp³-hybridized carbons (Fsp3) is 0.667. The molecule has 0 aliphatic carbocycles. The molecule has 2 unspecified atom stereocenters. The molecule has 0 fully saturated rings. The number of hydrogen-bond acceptors (Lipinski definition) is 4. The van der Waals surface area contributed by atoms with Crippen LogP contribution in [0.1, 0.15) is 6.92 Å². The van der Waals surface area contributed by atoms with E-state index in [-0.39, 0.29) is 12.6 Å². The Hall–Kier alpha value is -1.10. The summed E-state index contributed by atoms with van der Waals surface area (Å²) in [7, 11) is 0. The Balaban J connectivity index is 2.61. The molecule has 3 N–H and O–H groups in total. The van der Waals surface area contributed by atoms with Gasteiger partial charge in [0.25, 0.3) is 0 Å². The van der Waals surface area contributed by atoms with Gasteiger partial charge in [-0.3, -0.25) is 0 Å². The van der Waals surface area contributed by atoms with Crippen LogP contribution in [0.4, 0.5) is 0 Å². The first-order valence-electron chi connectivity index (χ1n) is 3.30. The van der Waals surface area contributed by atoms with Gasteiger partial charge in [-0.15, -0.1) is 0 Å². The van der Waals surface area contributed by atoms with E-state index in [0.717, 1.165) is 0 Å². The molecule has 1 aliphatic rings. The molecule has 0 aromatic rings. The second-order valence-corrected chi connectivity index (χ2v) is 2.42. The van der Waals surface area contributed by atoms with Gasteiger partial charge >= 0.3 is 5.97 Å². The number of nitrogens with two attached hydrogens (primary N) is 1. The number of carbonyl (C=O) groups is 1. The fourth-order valence-corrected chi connectivity index (χ4v) is 0.768. The minimum atomic E-state index is -0.972. The van der Waals surface area contributed by atoms with Crippen molar-refractivity contribution < 1.29 is 14.6 Å². The topological polar surface area (TPSA) is 84.9 Å². The summed E-state index contributed by atoms with van der Waals surface area (Å²) < 4.78 is 4.93. The highest BCUT2D eigenvalue weighted by atomic mass is 16.5. The van der Waals surface area contributed by atoms with Crippen molar-refractivity contribution in [3.05, 3.63) is 0 Å². The van der Waals surface area contributed by atoms with Crippen molar-refractivity contribution in [2.45, 2.75) is 19.0 Å². The quantitative estimate of drug-likeness (QED) is 0.551. The Kier molecular flexibility index (Phi) is 2.09. The van der Waals surface area contributed by atoms with Crippen LogP contribution in [0.3, 0.4) is 0 Å². The van der Waals surface area contributed by atoms with E-state index in [0.29, 0.717) is 5.90 Å². The van der Waals surface area contributed by atoms with E-state index in [4.69, 9.17) is 15.6 Å². The molecule has 62 valence electrons. The lowest BCUT2D eigenvalue weighted by molar-refractivity contribution is -0.138. The zero-order valence-electron chi connectivity index (χ0n) is 6.15. The average molecular weight is 158 g/mol. The highest BCUT2D eigenvalue weighted by Crippen LogP contribution is 2.05. The Morgan fingerprint density at radius 1 is 2.00 bits per heavy atom. The second-order valence-electron chi connectivity index (χ2n) is 2.42. The van der Waals surface area contributed by atoms with E-state index in [9.17, 15) is 4.79 Å². The largest absolute Gasteiger partial charge is 0.480 e. The Morgan fingerprint density at radius 2 is 2.64 bits per heavy atom. The van der Waals surface area contributed by atoms with Crippen molar-refractivity contribution in [3.63, 3.8) is 0 Å². The van der Waals surface area contributed by atoms with Gasteiger partial charge < -0.3 is 15.6 Å². The van der Waals surface area contributed by atoms with Crippen molar-refractivity contribution in [2.24, 2.45) is 10.7 Å². The number of aliphatic carboxylic acids is 1. The first kappa shape index (κ1) is 8.00. The first-order valence-corrected chi connectivity index (χ1v) is 3.30. The highest BCUT2D eigenvalue weighted by Gasteiger charge is 2.26. The number of ether oxygens (including phenoxy) is 1. The maximum atomic E-state index is 10.3. The van der Waals surface area contributed by atoms with Gasteiger partial charge in [-0.1, -0.05) is 0 Å². The summed E-state index contributed by atoms with van der Waals surface area (Å²) in [5, 5.41) is 8.48. The highest BCUT2D eigenvalue weighted by molar-refractivity contribution is 5.87. The SMILES string of the molecule is CC(N)C1=NC(C(=O)O)CO1. The van der Waals surface area contributed by atoms with Crippen LogP contribution >= 0.6 is 0 Å². The van der Waals surface area contributed by atoms with E-state index < -0.39 is 12.0 Å². The van der Waals surface area contributed by atoms with Gasteiger partial charge in [0, 0.05) is 0 Å². The molecule has 11 heavy (non-hydrogen) atoms. The van der Waals surface area contributed by atoms with Crippen LogP contribution in [0.25, 0.3) is 0 Å². The molecule has 0 bridgehead atoms. The monoisotopic (exact) mass is 158 g/mol. The van der Waals surface area contributed by atoms with E-state index in [1.807, 2.05) is 0 Å². The molecule has 1 heterocycles. The molecule has 0 radical (unpaired) electrons. The summed E-state index contributed by atoms with van der Waals surface area (Å²) in [4.78, 5) is 14.1. The van der Waals surface area contributed by atoms with Gasteiger partial charge in [0.05, 0.1) is 6.04 Å². The molecule has 0 aromatic heterocycles.